The predicted molar refractivity (Wildman–Crippen MR) is 108 cm³/mol. The molecule has 2 aromatic heterocycles. The van der Waals surface area contributed by atoms with Gasteiger partial charge in [-0.25, -0.2) is 23.1 Å². The number of aromatic nitrogens is 4. The Balaban J connectivity index is 1.82. The van der Waals surface area contributed by atoms with Gasteiger partial charge in [-0.15, -0.1) is 0 Å². The fourth-order valence-electron chi connectivity index (χ4n) is 3.03. The molecule has 0 bridgehead atoms. The van der Waals surface area contributed by atoms with Crippen molar-refractivity contribution in [2.45, 2.75) is 4.90 Å². The Morgan fingerprint density at radius 3 is 2.79 bits per heavy atom. The second-order valence-electron chi connectivity index (χ2n) is 6.07. The smallest absolute Gasteiger partial charge is 0.240 e. The fraction of sp³-hybridized carbons (Fsp3) is 0.312. The van der Waals surface area contributed by atoms with Crippen LogP contribution in [0.15, 0.2) is 34.0 Å². The molecule has 0 saturated carbocycles. The van der Waals surface area contributed by atoms with E-state index in [-0.39, 0.29) is 4.90 Å². The van der Waals surface area contributed by atoms with Crippen molar-refractivity contribution in [2.75, 3.05) is 43.6 Å². The normalized spacial score (nSPS) is 15.1. The van der Waals surface area contributed by atoms with Crippen LogP contribution in [0.2, 0.25) is 0 Å². The molecule has 1 fully saturated rings. The minimum atomic E-state index is -3.59. The maximum absolute atomic E-state index is 12.3. The first-order chi connectivity index (χ1) is 13.5. The van der Waals surface area contributed by atoms with Crippen LogP contribution < -0.4 is 14.9 Å². The molecule has 1 saturated heterocycles. The minimum Gasteiger partial charge on any atom is -0.378 e. The Morgan fingerprint density at radius 2 is 2.04 bits per heavy atom. The molecule has 0 spiro atoms. The molecule has 28 heavy (non-hydrogen) atoms. The average Bonchev–Trinajstić information content (AvgIpc) is 3.10. The second-order valence-corrected chi connectivity index (χ2v) is 8.71. The Kier molecular flexibility index (Phi) is 5.19. The highest BCUT2D eigenvalue weighted by Crippen LogP contribution is 2.34. The summed E-state index contributed by atoms with van der Waals surface area (Å²) in [5, 5.41) is 10.9. The molecule has 10 nitrogen and oxygen atoms in total. The maximum Gasteiger partial charge on any atom is 0.240 e. The number of morpholine rings is 1. The standard InChI is InChI=1S/C16H18BrN7O3S/c1-18-28(25,26)10-2-3-12(24-4-6-27-7-5-24)11(8-10)21-15-13-14(17)22-23-16(13)20-9-19-15/h2-3,8-9,18H,4-7H2,1H3,(H2,19,20,21,22,23). The zero-order chi connectivity index (χ0) is 19.7. The Bertz CT molecular complexity index is 1110. The Morgan fingerprint density at radius 1 is 1.25 bits per heavy atom. The summed E-state index contributed by atoms with van der Waals surface area (Å²) >= 11 is 3.39. The SMILES string of the molecule is CNS(=O)(=O)c1ccc(N2CCOCC2)c(Nc2ncnc3[nH]nc(Br)c23)c1. The van der Waals surface area contributed by atoms with E-state index in [9.17, 15) is 8.42 Å². The highest BCUT2D eigenvalue weighted by atomic mass is 79.9. The number of sulfonamides is 1. The van der Waals surface area contributed by atoms with Crippen LogP contribution in [0.4, 0.5) is 17.2 Å². The molecular weight excluding hydrogens is 450 g/mol. The molecule has 3 N–H and O–H groups in total. The average molecular weight is 468 g/mol. The van der Waals surface area contributed by atoms with E-state index in [0.29, 0.717) is 53.4 Å². The topological polar surface area (TPSA) is 125 Å². The fourth-order valence-corrected chi connectivity index (χ4v) is 4.25. The summed E-state index contributed by atoms with van der Waals surface area (Å²) in [5.74, 6) is 0.513. The lowest BCUT2D eigenvalue weighted by Crippen LogP contribution is -2.36. The number of rotatable bonds is 5. The van der Waals surface area contributed by atoms with Crippen molar-refractivity contribution in [3.63, 3.8) is 0 Å². The van der Waals surface area contributed by atoms with Crippen LogP contribution in [0.5, 0.6) is 0 Å². The van der Waals surface area contributed by atoms with Crippen molar-refractivity contribution in [3.05, 3.63) is 29.1 Å². The van der Waals surface area contributed by atoms with Gasteiger partial charge in [-0.05, 0) is 41.2 Å². The number of hydrogen-bond acceptors (Lipinski definition) is 8. The predicted octanol–water partition coefficient (Wildman–Crippen LogP) is 1.60. The van der Waals surface area contributed by atoms with E-state index in [2.05, 4.69) is 51.0 Å². The van der Waals surface area contributed by atoms with E-state index in [1.807, 2.05) is 0 Å². The number of anilines is 3. The highest BCUT2D eigenvalue weighted by Gasteiger charge is 2.20. The minimum absolute atomic E-state index is 0.158. The molecule has 1 aromatic carbocycles. The summed E-state index contributed by atoms with van der Waals surface area (Å²) in [6.45, 7) is 2.64. The lowest BCUT2D eigenvalue weighted by atomic mass is 10.2. The molecule has 0 amide bonds. The van der Waals surface area contributed by atoms with Gasteiger partial charge in [0.05, 0.1) is 34.9 Å². The summed E-state index contributed by atoms with van der Waals surface area (Å²) in [7, 11) is -2.21. The molecule has 148 valence electrons. The number of H-pyrrole nitrogens is 1. The highest BCUT2D eigenvalue weighted by molar-refractivity contribution is 9.10. The zero-order valence-corrected chi connectivity index (χ0v) is 17.3. The summed E-state index contributed by atoms with van der Waals surface area (Å²) in [6, 6.07) is 4.98. The molecule has 1 aliphatic heterocycles. The van der Waals surface area contributed by atoms with Gasteiger partial charge >= 0.3 is 0 Å². The first-order valence-corrected chi connectivity index (χ1v) is 10.8. The molecule has 12 heteroatoms. The van der Waals surface area contributed by atoms with E-state index in [4.69, 9.17) is 4.74 Å². The van der Waals surface area contributed by atoms with Crippen LogP contribution in [0.3, 0.4) is 0 Å². The van der Waals surface area contributed by atoms with Crippen LogP contribution >= 0.6 is 15.9 Å². The van der Waals surface area contributed by atoms with Gasteiger partial charge in [0, 0.05) is 13.1 Å². The molecule has 3 aromatic rings. The van der Waals surface area contributed by atoms with Crippen LogP contribution in [0, 0.1) is 0 Å². The first kappa shape index (κ1) is 19.1. The van der Waals surface area contributed by atoms with E-state index in [0.717, 1.165) is 5.69 Å². The van der Waals surface area contributed by atoms with Crippen molar-refractivity contribution in [2.24, 2.45) is 0 Å². The molecule has 4 rings (SSSR count). The van der Waals surface area contributed by atoms with Gasteiger partial charge in [-0.2, -0.15) is 5.10 Å². The van der Waals surface area contributed by atoms with Crippen LogP contribution in [-0.2, 0) is 14.8 Å². The van der Waals surface area contributed by atoms with Crippen LogP contribution in [0.1, 0.15) is 0 Å². The van der Waals surface area contributed by atoms with Gasteiger partial charge in [-0.1, -0.05) is 0 Å². The van der Waals surface area contributed by atoms with Gasteiger partial charge in [-0.3, -0.25) is 5.10 Å². The number of fused-ring (bicyclic) bond motifs is 1. The third kappa shape index (κ3) is 3.55. The Labute approximate surface area is 169 Å². The number of nitrogens with zero attached hydrogens (tertiary/aromatic N) is 4. The molecule has 0 radical (unpaired) electrons. The molecule has 0 atom stereocenters. The molecule has 0 unspecified atom stereocenters. The van der Waals surface area contributed by atoms with Crippen molar-refractivity contribution in [1.82, 2.24) is 24.9 Å². The lowest BCUT2D eigenvalue weighted by Gasteiger charge is -2.31. The van der Waals surface area contributed by atoms with E-state index < -0.39 is 10.0 Å². The van der Waals surface area contributed by atoms with Gasteiger partial charge < -0.3 is 15.0 Å². The number of nitrogens with one attached hydrogen (secondary N) is 3. The first-order valence-electron chi connectivity index (χ1n) is 8.51. The summed E-state index contributed by atoms with van der Waals surface area (Å²) < 4.78 is 32.9. The summed E-state index contributed by atoms with van der Waals surface area (Å²) in [5.41, 5.74) is 2.05. The van der Waals surface area contributed by atoms with Gasteiger partial charge in [0.1, 0.15) is 16.7 Å². The molecule has 0 aliphatic carbocycles. The second kappa shape index (κ2) is 7.62. The maximum atomic E-state index is 12.3. The molecule has 3 heterocycles. The number of aromatic amines is 1. The third-order valence-corrected chi connectivity index (χ3v) is 6.45. The van der Waals surface area contributed by atoms with Crippen LogP contribution in [0.25, 0.3) is 11.0 Å². The Hall–Kier alpha value is -2.28. The van der Waals surface area contributed by atoms with E-state index in [1.165, 1.54) is 13.4 Å². The van der Waals surface area contributed by atoms with Crippen molar-refractivity contribution >= 4 is 54.2 Å². The van der Waals surface area contributed by atoms with E-state index in [1.54, 1.807) is 18.2 Å². The lowest BCUT2D eigenvalue weighted by molar-refractivity contribution is 0.123. The number of hydrogen-bond donors (Lipinski definition) is 3. The van der Waals surface area contributed by atoms with Crippen LogP contribution in [-0.4, -0.2) is 61.9 Å². The van der Waals surface area contributed by atoms with Gasteiger partial charge in [0.2, 0.25) is 10.0 Å². The van der Waals surface area contributed by atoms with Crippen molar-refractivity contribution < 1.29 is 13.2 Å². The number of ether oxygens (including phenoxy) is 1. The molecule has 1 aliphatic rings. The number of benzene rings is 1. The summed E-state index contributed by atoms with van der Waals surface area (Å²) in [4.78, 5) is 10.8. The largest absolute Gasteiger partial charge is 0.378 e. The number of halogens is 1. The van der Waals surface area contributed by atoms with E-state index >= 15 is 0 Å². The molecular formula is C16H18BrN7O3S. The third-order valence-electron chi connectivity index (χ3n) is 4.47. The quantitative estimate of drug-likeness (QED) is 0.516. The van der Waals surface area contributed by atoms with Crippen molar-refractivity contribution in [1.29, 1.82) is 0 Å². The summed E-state index contributed by atoms with van der Waals surface area (Å²) in [6.07, 6.45) is 1.41. The van der Waals surface area contributed by atoms with Gasteiger partial charge in [0.15, 0.2) is 5.65 Å². The van der Waals surface area contributed by atoms with Crippen molar-refractivity contribution in [3.8, 4) is 0 Å². The monoisotopic (exact) mass is 467 g/mol. The zero-order valence-electron chi connectivity index (χ0n) is 14.9. The van der Waals surface area contributed by atoms with Gasteiger partial charge in [0.25, 0.3) is 0 Å².